The molecule has 3 aromatic rings. The molecule has 0 saturated heterocycles. The molecule has 1 amide bonds. The molecule has 0 unspecified atom stereocenters. The minimum atomic E-state index is -0.500. The third-order valence-corrected chi connectivity index (χ3v) is 3.52. The van der Waals surface area contributed by atoms with Gasteiger partial charge < -0.3 is 10.6 Å². The SMILES string of the molecule is O=C(Nc1cccc(Nc2ccccc2)c1)c1ccc([N+](=O)[O-])cc1. The average Bonchev–Trinajstić information content (AvgIpc) is 2.63. The summed E-state index contributed by atoms with van der Waals surface area (Å²) in [6.45, 7) is 0. The molecule has 0 heterocycles. The molecule has 2 N–H and O–H groups in total. The highest BCUT2D eigenvalue weighted by atomic mass is 16.6. The number of nitro benzene ring substituents is 1. The van der Waals surface area contributed by atoms with E-state index in [9.17, 15) is 14.9 Å². The van der Waals surface area contributed by atoms with Crippen LogP contribution in [0.25, 0.3) is 0 Å². The fourth-order valence-electron chi connectivity index (χ4n) is 2.30. The topological polar surface area (TPSA) is 84.3 Å². The smallest absolute Gasteiger partial charge is 0.269 e. The van der Waals surface area contributed by atoms with E-state index in [4.69, 9.17) is 0 Å². The van der Waals surface area contributed by atoms with Gasteiger partial charge in [0.05, 0.1) is 4.92 Å². The van der Waals surface area contributed by atoms with Gasteiger partial charge in [0.2, 0.25) is 0 Å². The molecule has 6 nitrogen and oxygen atoms in total. The van der Waals surface area contributed by atoms with Crippen LogP contribution in [0.3, 0.4) is 0 Å². The van der Waals surface area contributed by atoms with Gasteiger partial charge in [-0.3, -0.25) is 14.9 Å². The number of amides is 1. The van der Waals surface area contributed by atoms with Crippen molar-refractivity contribution in [2.45, 2.75) is 0 Å². The molecule has 0 spiro atoms. The van der Waals surface area contributed by atoms with Crippen LogP contribution in [0.15, 0.2) is 78.9 Å². The maximum atomic E-state index is 12.3. The summed E-state index contributed by atoms with van der Waals surface area (Å²) in [6, 6.07) is 22.5. The van der Waals surface area contributed by atoms with E-state index in [-0.39, 0.29) is 11.6 Å². The van der Waals surface area contributed by atoms with Crippen molar-refractivity contribution in [3.8, 4) is 0 Å². The molecule has 0 aliphatic heterocycles. The van der Waals surface area contributed by atoms with Crippen LogP contribution in [0, 0.1) is 10.1 Å². The number of benzene rings is 3. The maximum Gasteiger partial charge on any atom is 0.269 e. The summed E-state index contributed by atoms with van der Waals surface area (Å²) in [5, 5.41) is 16.7. The second-order valence-corrected chi connectivity index (χ2v) is 5.33. The van der Waals surface area contributed by atoms with Crippen LogP contribution >= 0.6 is 0 Å². The van der Waals surface area contributed by atoms with Crippen molar-refractivity contribution in [1.82, 2.24) is 0 Å². The Morgan fingerprint density at radius 2 is 1.44 bits per heavy atom. The summed E-state index contributed by atoms with van der Waals surface area (Å²) >= 11 is 0. The van der Waals surface area contributed by atoms with Gasteiger partial charge in [-0.15, -0.1) is 0 Å². The zero-order valence-corrected chi connectivity index (χ0v) is 13.2. The molecule has 25 heavy (non-hydrogen) atoms. The molecule has 3 aromatic carbocycles. The van der Waals surface area contributed by atoms with Gasteiger partial charge in [0.25, 0.3) is 11.6 Å². The summed E-state index contributed by atoms with van der Waals surface area (Å²) < 4.78 is 0. The third kappa shape index (κ3) is 4.20. The largest absolute Gasteiger partial charge is 0.355 e. The van der Waals surface area contributed by atoms with Gasteiger partial charge in [0, 0.05) is 34.8 Å². The Bertz CT molecular complexity index is 893. The highest BCUT2D eigenvalue weighted by Crippen LogP contribution is 2.21. The quantitative estimate of drug-likeness (QED) is 0.528. The number of rotatable bonds is 5. The number of hydrogen-bond acceptors (Lipinski definition) is 4. The van der Waals surface area contributed by atoms with Gasteiger partial charge in [0.1, 0.15) is 0 Å². The van der Waals surface area contributed by atoms with E-state index in [0.29, 0.717) is 11.3 Å². The molecule has 124 valence electrons. The first kappa shape index (κ1) is 16.2. The number of carbonyl (C=O) groups is 1. The fourth-order valence-corrected chi connectivity index (χ4v) is 2.30. The van der Waals surface area contributed by atoms with Crippen LogP contribution in [0.2, 0.25) is 0 Å². The molecule has 0 aromatic heterocycles. The number of anilines is 3. The van der Waals surface area contributed by atoms with E-state index in [1.165, 1.54) is 24.3 Å². The van der Waals surface area contributed by atoms with Crippen LogP contribution < -0.4 is 10.6 Å². The molecule has 0 aliphatic rings. The maximum absolute atomic E-state index is 12.3. The van der Waals surface area contributed by atoms with Crippen LogP contribution in [-0.4, -0.2) is 10.8 Å². The van der Waals surface area contributed by atoms with Crippen LogP contribution in [0.1, 0.15) is 10.4 Å². The summed E-state index contributed by atoms with van der Waals surface area (Å²) in [6.07, 6.45) is 0. The van der Waals surface area contributed by atoms with E-state index in [1.54, 1.807) is 6.07 Å². The minimum Gasteiger partial charge on any atom is -0.355 e. The molecule has 0 fully saturated rings. The first-order chi connectivity index (χ1) is 12.1. The minimum absolute atomic E-state index is 0.0504. The highest BCUT2D eigenvalue weighted by Gasteiger charge is 2.10. The first-order valence-corrected chi connectivity index (χ1v) is 7.60. The lowest BCUT2D eigenvalue weighted by Crippen LogP contribution is -2.11. The monoisotopic (exact) mass is 333 g/mol. The molecule has 3 rings (SSSR count). The van der Waals surface area contributed by atoms with E-state index in [2.05, 4.69) is 10.6 Å². The molecule has 0 bridgehead atoms. The summed E-state index contributed by atoms with van der Waals surface area (Å²) in [5.74, 6) is -0.327. The zero-order valence-electron chi connectivity index (χ0n) is 13.2. The number of non-ortho nitro benzene ring substituents is 1. The van der Waals surface area contributed by atoms with Crippen molar-refractivity contribution in [2.75, 3.05) is 10.6 Å². The number of nitrogens with one attached hydrogen (secondary N) is 2. The van der Waals surface area contributed by atoms with Gasteiger partial charge >= 0.3 is 0 Å². The Labute approximate surface area is 144 Å². The van der Waals surface area contributed by atoms with Crippen molar-refractivity contribution in [1.29, 1.82) is 0 Å². The second-order valence-electron chi connectivity index (χ2n) is 5.33. The standard InChI is InChI=1S/C19H15N3O3/c23-19(14-9-11-18(12-10-14)22(24)25)21-17-8-4-7-16(13-17)20-15-5-2-1-3-6-15/h1-13,20H,(H,21,23). The Morgan fingerprint density at radius 1 is 0.800 bits per heavy atom. The number of nitro groups is 1. The molecule has 0 saturated carbocycles. The number of hydrogen-bond donors (Lipinski definition) is 2. The van der Waals surface area contributed by atoms with Gasteiger partial charge in [-0.1, -0.05) is 24.3 Å². The highest BCUT2D eigenvalue weighted by molar-refractivity contribution is 6.04. The van der Waals surface area contributed by atoms with Crippen molar-refractivity contribution in [2.24, 2.45) is 0 Å². The fraction of sp³-hybridized carbons (Fsp3) is 0. The van der Waals surface area contributed by atoms with E-state index >= 15 is 0 Å². The van der Waals surface area contributed by atoms with Gasteiger partial charge in [-0.2, -0.15) is 0 Å². The van der Waals surface area contributed by atoms with Gasteiger partial charge in [0.15, 0.2) is 0 Å². The normalized spacial score (nSPS) is 10.1. The molecular weight excluding hydrogens is 318 g/mol. The third-order valence-electron chi connectivity index (χ3n) is 3.52. The molecule has 6 heteroatoms. The number of carbonyl (C=O) groups excluding carboxylic acids is 1. The lowest BCUT2D eigenvalue weighted by atomic mass is 10.2. The second kappa shape index (κ2) is 7.27. The number of nitrogens with zero attached hydrogens (tertiary/aromatic N) is 1. The molecule has 0 aliphatic carbocycles. The summed E-state index contributed by atoms with van der Waals surface area (Å²) in [4.78, 5) is 22.4. The van der Waals surface area contributed by atoms with Crippen molar-refractivity contribution < 1.29 is 9.72 Å². The summed E-state index contributed by atoms with van der Waals surface area (Å²) in [7, 11) is 0. The van der Waals surface area contributed by atoms with E-state index in [0.717, 1.165) is 11.4 Å². The lowest BCUT2D eigenvalue weighted by Gasteiger charge is -2.09. The van der Waals surface area contributed by atoms with Gasteiger partial charge in [-0.25, -0.2) is 0 Å². The Balaban J connectivity index is 1.71. The van der Waals surface area contributed by atoms with Crippen LogP contribution in [0.4, 0.5) is 22.7 Å². The van der Waals surface area contributed by atoms with Gasteiger partial charge in [-0.05, 0) is 42.5 Å². The number of para-hydroxylation sites is 1. The Hall–Kier alpha value is -3.67. The Morgan fingerprint density at radius 3 is 2.12 bits per heavy atom. The van der Waals surface area contributed by atoms with Crippen LogP contribution in [0.5, 0.6) is 0 Å². The Kier molecular flexibility index (Phi) is 4.71. The predicted molar refractivity (Wildman–Crippen MR) is 97.2 cm³/mol. The average molecular weight is 333 g/mol. The van der Waals surface area contributed by atoms with Crippen LogP contribution in [-0.2, 0) is 0 Å². The predicted octanol–water partition coefficient (Wildman–Crippen LogP) is 4.59. The van der Waals surface area contributed by atoms with Crippen molar-refractivity contribution in [3.05, 3.63) is 94.5 Å². The van der Waals surface area contributed by atoms with Crippen molar-refractivity contribution >= 4 is 28.7 Å². The first-order valence-electron chi connectivity index (χ1n) is 7.60. The molecular formula is C19H15N3O3. The zero-order chi connectivity index (χ0) is 17.6. The lowest BCUT2D eigenvalue weighted by molar-refractivity contribution is -0.384. The molecule has 0 radical (unpaired) electrons. The van der Waals surface area contributed by atoms with E-state index in [1.807, 2.05) is 48.5 Å². The summed E-state index contributed by atoms with van der Waals surface area (Å²) in [5.41, 5.74) is 2.72. The van der Waals surface area contributed by atoms with Crippen molar-refractivity contribution in [3.63, 3.8) is 0 Å². The van der Waals surface area contributed by atoms with E-state index < -0.39 is 4.92 Å². The molecule has 0 atom stereocenters.